The van der Waals surface area contributed by atoms with Crippen LogP contribution in [0.1, 0.15) is 12.5 Å². The number of anilines is 4. The zero-order chi connectivity index (χ0) is 20.5. The second-order valence-electron chi connectivity index (χ2n) is 7.39. The molecular weight excluding hydrogens is 374 g/mol. The van der Waals surface area contributed by atoms with Gasteiger partial charge < -0.3 is 20.9 Å². The number of nitrogens with zero attached hydrogens (tertiary/aromatic N) is 2. The highest BCUT2D eigenvalue weighted by molar-refractivity contribution is 5.98. The summed E-state index contributed by atoms with van der Waals surface area (Å²) in [6.45, 7) is 2.34. The number of nitrogens with one attached hydrogen (secondary N) is 3. The molecule has 1 radical (unpaired) electrons. The van der Waals surface area contributed by atoms with E-state index in [1.807, 2.05) is 53.6 Å². The van der Waals surface area contributed by atoms with E-state index >= 15 is 0 Å². The predicted molar refractivity (Wildman–Crippen MR) is 120 cm³/mol. The van der Waals surface area contributed by atoms with Crippen LogP contribution in [0.25, 0.3) is 0 Å². The molecule has 0 bridgehead atoms. The van der Waals surface area contributed by atoms with E-state index in [-0.39, 0.29) is 5.91 Å². The lowest BCUT2D eigenvalue weighted by molar-refractivity contribution is -0.116. The molecule has 149 valence electrons. The van der Waals surface area contributed by atoms with Gasteiger partial charge in [0.25, 0.3) is 0 Å². The van der Waals surface area contributed by atoms with Crippen LogP contribution >= 0.6 is 0 Å². The average Bonchev–Trinajstić information content (AvgIpc) is 3.20. The molecule has 0 saturated carbocycles. The second-order valence-corrected chi connectivity index (χ2v) is 7.39. The molecule has 5 rings (SSSR count). The van der Waals surface area contributed by atoms with Crippen molar-refractivity contribution >= 4 is 28.8 Å². The summed E-state index contributed by atoms with van der Waals surface area (Å²) < 4.78 is 0. The predicted octanol–water partition coefficient (Wildman–Crippen LogP) is 4.18. The number of carbonyl (C=O) groups excluding carboxylic acids is 1. The molecule has 0 atom stereocenters. The molecular formula is C24H22N5O. The van der Waals surface area contributed by atoms with E-state index in [0.717, 1.165) is 52.8 Å². The third-order valence-electron chi connectivity index (χ3n) is 5.34. The minimum atomic E-state index is 0.0626. The van der Waals surface area contributed by atoms with Crippen LogP contribution in [0.2, 0.25) is 0 Å². The zero-order valence-electron chi connectivity index (χ0n) is 16.6. The van der Waals surface area contributed by atoms with Gasteiger partial charge in [0.15, 0.2) is 0 Å². The molecule has 0 spiro atoms. The summed E-state index contributed by atoms with van der Waals surface area (Å²) in [5.41, 5.74) is 7.13. The maximum atomic E-state index is 12.0. The molecule has 6 heteroatoms. The molecule has 1 aromatic carbocycles. The van der Waals surface area contributed by atoms with Crippen LogP contribution in [-0.2, 0) is 11.2 Å². The number of dihydropyridines is 1. The quantitative estimate of drug-likeness (QED) is 0.724. The number of benzene rings is 1. The van der Waals surface area contributed by atoms with E-state index in [0.29, 0.717) is 0 Å². The van der Waals surface area contributed by atoms with E-state index in [1.165, 1.54) is 5.56 Å². The molecule has 1 aromatic heterocycles. The standard InChI is InChI=1S/C24H22N5O/c1-16(30)29-12-10-17-6-4-8-22(24(17)29)27-19-9-11-25-23(14-19)28-20-13-18-5-2-3-7-21(18)26-15-20/h2-9,11,13-15,26H,10,12H2,1H3,(H2,25,27,28). The van der Waals surface area contributed by atoms with Gasteiger partial charge in [-0.15, -0.1) is 0 Å². The number of hydrogen-bond acceptors (Lipinski definition) is 5. The molecule has 3 aliphatic rings. The summed E-state index contributed by atoms with van der Waals surface area (Å²) in [5.74, 6) is 0.798. The lowest BCUT2D eigenvalue weighted by atomic mass is 10.0. The summed E-state index contributed by atoms with van der Waals surface area (Å²) >= 11 is 0. The van der Waals surface area contributed by atoms with Crippen LogP contribution in [0.3, 0.4) is 0 Å². The van der Waals surface area contributed by atoms with Gasteiger partial charge in [-0.05, 0) is 41.8 Å². The van der Waals surface area contributed by atoms with Gasteiger partial charge in [-0.25, -0.2) is 4.98 Å². The van der Waals surface area contributed by atoms with Gasteiger partial charge in [-0.1, -0.05) is 24.3 Å². The fraction of sp³-hybridized carbons (Fsp3) is 0.125. The maximum Gasteiger partial charge on any atom is 0.223 e. The van der Waals surface area contributed by atoms with Crippen LogP contribution in [0.4, 0.5) is 22.9 Å². The van der Waals surface area contributed by atoms with Gasteiger partial charge in [0, 0.05) is 49.7 Å². The number of fused-ring (bicyclic) bond motifs is 2. The van der Waals surface area contributed by atoms with Crippen molar-refractivity contribution in [1.29, 1.82) is 0 Å². The number of aromatic nitrogens is 1. The number of allylic oxidation sites excluding steroid dienone is 5. The number of amides is 1. The Balaban J connectivity index is 1.36. The first-order valence-corrected chi connectivity index (χ1v) is 9.98. The summed E-state index contributed by atoms with van der Waals surface area (Å²) in [5, 5.41) is 10.1. The Morgan fingerprint density at radius 2 is 2.13 bits per heavy atom. The normalized spacial score (nSPS) is 16.6. The van der Waals surface area contributed by atoms with Crippen LogP contribution in [0.5, 0.6) is 0 Å². The lowest BCUT2D eigenvalue weighted by Gasteiger charge is -2.21. The number of pyridine rings is 1. The zero-order valence-corrected chi connectivity index (χ0v) is 16.6. The monoisotopic (exact) mass is 396 g/mol. The Morgan fingerprint density at radius 1 is 1.20 bits per heavy atom. The topological polar surface area (TPSA) is 69.3 Å². The minimum Gasteiger partial charge on any atom is -0.360 e. The molecule has 2 aromatic rings. The number of rotatable bonds is 4. The van der Waals surface area contributed by atoms with Crippen molar-refractivity contribution in [3.05, 3.63) is 96.0 Å². The Hall–Kier alpha value is -3.80. The van der Waals surface area contributed by atoms with E-state index in [9.17, 15) is 4.79 Å². The Labute approximate surface area is 175 Å². The smallest absolute Gasteiger partial charge is 0.223 e. The molecule has 0 fully saturated rings. The fourth-order valence-corrected chi connectivity index (χ4v) is 3.94. The fourth-order valence-electron chi connectivity index (χ4n) is 3.94. The van der Waals surface area contributed by atoms with Crippen LogP contribution < -0.4 is 20.9 Å². The number of carbonyl (C=O) groups is 1. The van der Waals surface area contributed by atoms with Gasteiger partial charge in [0.05, 0.1) is 17.1 Å². The highest BCUT2D eigenvalue weighted by atomic mass is 16.2. The maximum absolute atomic E-state index is 12.0. The molecule has 1 amide bonds. The van der Waals surface area contributed by atoms with Crippen molar-refractivity contribution < 1.29 is 4.79 Å². The molecule has 0 saturated heterocycles. The molecule has 6 nitrogen and oxygen atoms in total. The average molecular weight is 396 g/mol. The summed E-state index contributed by atoms with van der Waals surface area (Å²) in [6.07, 6.45) is 14.8. The van der Waals surface area contributed by atoms with Crippen LogP contribution in [0, 0.1) is 6.42 Å². The van der Waals surface area contributed by atoms with Crippen molar-refractivity contribution in [2.24, 2.45) is 0 Å². The SMILES string of the molecule is CC(=O)N1CCc2cccc(Nc3ccnc(NC4=CNC5=CC=C[CH]C5=C4)c3)c21. The van der Waals surface area contributed by atoms with Gasteiger partial charge in [-0.2, -0.15) is 0 Å². The second kappa shape index (κ2) is 7.55. The molecule has 2 aliphatic heterocycles. The highest BCUT2D eigenvalue weighted by Gasteiger charge is 2.25. The van der Waals surface area contributed by atoms with Crippen molar-refractivity contribution in [3.63, 3.8) is 0 Å². The minimum absolute atomic E-state index is 0.0626. The largest absolute Gasteiger partial charge is 0.360 e. The summed E-state index contributed by atoms with van der Waals surface area (Å²) in [4.78, 5) is 18.3. The first-order chi connectivity index (χ1) is 14.7. The first-order valence-electron chi connectivity index (χ1n) is 9.98. The van der Waals surface area contributed by atoms with Gasteiger partial charge in [0.2, 0.25) is 5.91 Å². The van der Waals surface area contributed by atoms with Gasteiger partial charge in [-0.3, -0.25) is 4.79 Å². The molecule has 0 unspecified atom stereocenters. The van der Waals surface area contributed by atoms with E-state index in [2.05, 4.69) is 39.5 Å². The van der Waals surface area contributed by atoms with Crippen molar-refractivity contribution in [3.8, 4) is 0 Å². The van der Waals surface area contributed by atoms with Crippen molar-refractivity contribution in [1.82, 2.24) is 10.3 Å². The highest BCUT2D eigenvalue weighted by Crippen LogP contribution is 2.37. The Bertz CT molecular complexity index is 1140. The van der Waals surface area contributed by atoms with Gasteiger partial charge in [0.1, 0.15) is 5.82 Å². The van der Waals surface area contributed by atoms with E-state index in [4.69, 9.17) is 0 Å². The number of hydrogen-bond donors (Lipinski definition) is 3. The summed E-state index contributed by atoms with van der Waals surface area (Å²) in [7, 11) is 0. The third-order valence-corrected chi connectivity index (χ3v) is 5.34. The van der Waals surface area contributed by atoms with E-state index < -0.39 is 0 Å². The first kappa shape index (κ1) is 18.2. The Morgan fingerprint density at radius 3 is 3.03 bits per heavy atom. The van der Waals surface area contributed by atoms with Crippen molar-refractivity contribution in [2.75, 3.05) is 22.1 Å². The van der Waals surface area contributed by atoms with Gasteiger partial charge >= 0.3 is 0 Å². The molecule has 1 aliphatic carbocycles. The van der Waals surface area contributed by atoms with Crippen LogP contribution in [-0.4, -0.2) is 17.4 Å². The molecule has 3 N–H and O–H groups in total. The molecule has 3 heterocycles. The lowest BCUT2D eigenvalue weighted by Crippen LogP contribution is -2.26. The van der Waals surface area contributed by atoms with E-state index in [1.54, 1.807) is 13.1 Å². The van der Waals surface area contributed by atoms with Crippen molar-refractivity contribution in [2.45, 2.75) is 13.3 Å². The van der Waals surface area contributed by atoms with Crippen LogP contribution in [0.15, 0.2) is 84.0 Å². The third kappa shape index (κ3) is 3.48. The Kier molecular flexibility index (Phi) is 4.59. The molecule has 30 heavy (non-hydrogen) atoms. The number of para-hydroxylation sites is 1. The summed E-state index contributed by atoms with van der Waals surface area (Å²) in [6, 6.07) is 9.99.